The summed E-state index contributed by atoms with van der Waals surface area (Å²) in [7, 11) is 0. The van der Waals surface area contributed by atoms with Gasteiger partial charge in [0.1, 0.15) is 0 Å². The van der Waals surface area contributed by atoms with Crippen LogP contribution in [0.4, 0.5) is 0 Å². The molecule has 0 atom stereocenters. The van der Waals surface area contributed by atoms with Crippen LogP contribution < -0.4 is 0 Å². The molecule has 1 aromatic heterocycles. The molecule has 0 aliphatic carbocycles. The smallest absolute Gasteiger partial charge is 0.0957 e. The molecular weight excluding hydrogens is 316 g/mol. The maximum absolute atomic E-state index is 4.35. The van der Waals surface area contributed by atoms with Gasteiger partial charge in [-0.15, -0.1) is 0 Å². The molecule has 4 rings (SSSR count). The first kappa shape index (κ1) is 17.7. The topological polar surface area (TPSA) is 17.8 Å². The van der Waals surface area contributed by atoms with Gasteiger partial charge in [0.2, 0.25) is 0 Å². The molecule has 0 aliphatic heterocycles. The van der Waals surface area contributed by atoms with Crippen LogP contribution in [0.5, 0.6) is 0 Å². The number of nitrogens with zero attached hydrogens (tertiary/aromatic N) is 2. The maximum atomic E-state index is 4.35. The van der Waals surface area contributed by atoms with Crippen molar-refractivity contribution in [2.75, 3.05) is 0 Å². The summed E-state index contributed by atoms with van der Waals surface area (Å²) in [5.74, 6) is 0. The fraction of sp³-hybridized carbons (Fsp3) is 0.125. The third-order valence-electron chi connectivity index (χ3n) is 4.20. The van der Waals surface area contributed by atoms with E-state index < -0.39 is 0 Å². The van der Waals surface area contributed by atoms with Crippen LogP contribution in [0.15, 0.2) is 104 Å². The molecule has 0 saturated carbocycles. The maximum Gasteiger partial charge on any atom is 0.0957 e. The van der Waals surface area contributed by atoms with Crippen molar-refractivity contribution < 1.29 is 0 Å². The number of benzene rings is 3. The van der Waals surface area contributed by atoms with Gasteiger partial charge in [0, 0.05) is 6.20 Å². The third kappa shape index (κ3) is 4.70. The van der Waals surface area contributed by atoms with Crippen molar-refractivity contribution in [3.63, 3.8) is 0 Å². The number of hydrogen-bond donors (Lipinski definition) is 0. The zero-order valence-corrected chi connectivity index (χ0v) is 15.3. The van der Waals surface area contributed by atoms with Crippen LogP contribution >= 0.6 is 0 Å². The van der Waals surface area contributed by atoms with Crippen LogP contribution in [0.3, 0.4) is 0 Å². The lowest BCUT2D eigenvalue weighted by molar-refractivity contribution is 0.676. The van der Waals surface area contributed by atoms with Gasteiger partial charge in [-0.3, -0.25) is 0 Å². The van der Waals surface area contributed by atoms with Crippen molar-refractivity contribution in [2.45, 2.75) is 19.9 Å². The van der Waals surface area contributed by atoms with Gasteiger partial charge in [0.15, 0.2) is 0 Å². The molecule has 3 aromatic carbocycles. The molecule has 0 fully saturated rings. The fourth-order valence-electron chi connectivity index (χ4n) is 2.92. The normalized spacial score (nSPS) is 10.3. The molecular formula is C24H24N2. The van der Waals surface area contributed by atoms with Gasteiger partial charge in [-0.1, -0.05) is 96.6 Å². The minimum Gasteiger partial charge on any atom is -0.326 e. The van der Waals surface area contributed by atoms with Gasteiger partial charge in [-0.25, -0.2) is 4.98 Å². The van der Waals surface area contributed by atoms with E-state index in [0.29, 0.717) is 0 Å². The monoisotopic (exact) mass is 340 g/mol. The van der Waals surface area contributed by atoms with E-state index in [1.165, 1.54) is 16.7 Å². The fourth-order valence-corrected chi connectivity index (χ4v) is 2.92. The summed E-state index contributed by atoms with van der Waals surface area (Å²) >= 11 is 0. The van der Waals surface area contributed by atoms with E-state index in [9.17, 15) is 0 Å². The molecule has 0 unspecified atom stereocenters. The molecule has 2 nitrogen and oxygen atoms in total. The Morgan fingerprint density at radius 1 is 0.654 bits per heavy atom. The number of aromatic nitrogens is 2. The molecule has 0 amide bonds. The molecule has 4 aromatic rings. The van der Waals surface area contributed by atoms with E-state index in [1.54, 1.807) is 0 Å². The van der Waals surface area contributed by atoms with Crippen molar-refractivity contribution in [3.05, 3.63) is 126 Å². The Labute approximate surface area is 155 Å². The van der Waals surface area contributed by atoms with Gasteiger partial charge in [-0.2, -0.15) is 0 Å². The van der Waals surface area contributed by atoms with Gasteiger partial charge < -0.3 is 4.57 Å². The molecule has 0 aliphatic rings. The first-order chi connectivity index (χ1) is 12.7. The molecule has 1 heterocycles. The van der Waals surface area contributed by atoms with E-state index in [-0.39, 0.29) is 6.04 Å². The summed E-state index contributed by atoms with van der Waals surface area (Å²) in [6.07, 6.45) is 3.99. The van der Waals surface area contributed by atoms with Crippen molar-refractivity contribution in [1.82, 2.24) is 9.55 Å². The highest BCUT2D eigenvalue weighted by molar-refractivity contribution is 5.32. The number of hydrogen-bond acceptors (Lipinski definition) is 1. The Balaban J connectivity index is 0.000000236. The number of imidazole rings is 1. The SMILES string of the molecule is Cc1ccccc1.Cc1cn(C(c2ccccc2)c2ccccc2)cn1. The van der Waals surface area contributed by atoms with Crippen molar-refractivity contribution >= 4 is 0 Å². The van der Waals surface area contributed by atoms with E-state index >= 15 is 0 Å². The molecule has 0 saturated heterocycles. The molecule has 2 heteroatoms. The average molecular weight is 340 g/mol. The predicted molar refractivity (Wildman–Crippen MR) is 108 cm³/mol. The van der Waals surface area contributed by atoms with Crippen LogP contribution in [0.25, 0.3) is 0 Å². The first-order valence-electron chi connectivity index (χ1n) is 8.85. The van der Waals surface area contributed by atoms with E-state index in [2.05, 4.69) is 83.3 Å². The first-order valence-corrected chi connectivity index (χ1v) is 8.85. The highest BCUT2D eigenvalue weighted by atomic mass is 15.1. The van der Waals surface area contributed by atoms with E-state index in [1.807, 2.05) is 43.6 Å². The summed E-state index contributed by atoms with van der Waals surface area (Å²) < 4.78 is 2.17. The largest absolute Gasteiger partial charge is 0.326 e. The summed E-state index contributed by atoms with van der Waals surface area (Å²) in [6, 6.07) is 31.5. The zero-order valence-electron chi connectivity index (χ0n) is 15.3. The highest BCUT2D eigenvalue weighted by Gasteiger charge is 2.15. The van der Waals surface area contributed by atoms with E-state index in [4.69, 9.17) is 0 Å². The van der Waals surface area contributed by atoms with Crippen molar-refractivity contribution in [3.8, 4) is 0 Å². The van der Waals surface area contributed by atoms with Crippen LogP contribution in [0.2, 0.25) is 0 Å². The molecule has 0 bridgehead atoms. The Hall–Kier alpha value is -3.13. The average Bonchev–Trinajstić information content (AvgIpc) is 3.11. The Morgan fingerprint density at radius 3 is 1.46 bits per heavy atom. The van der Waals surface area contributed by atoms with Gasteiger partial charge in [0.25, 0.3) is 0 Å². The Bertz CT molecular complexity index is 857. The minimum atomic E-state index is 0.184. The summed E-state index contributed by atoms with van der Waals surface area (Å²) in [5, 5.41) is 0. The summed E-state index contributed by atoms with van der Waals surface area (Å²) in [4.78, 5) is 4.35. The second-order valence-electron chi connectivity index (χ2n) is 6.34. The summed E-state index contributed by atoms with van der Waals surface area (Å²) in [5.41, 5.74) is 4.90. The molecule has 0 radical (unpaired) electrons. The molecule has 130 valence electrons. The van der Waals surface area contributed by atoms with Crippen LogP contribution in [-0.4, -0.2) is 9.55 Å². The Morgan fingerprint density at radius 2 is 1.12 bits per heavy atom. The van der Waals surface area contributed by atoms with Gasteiger partial charge in [0.05, 0.1) is 18.1 Å². The summed E-state index contributed by atoms with van der Waals surface area (Å²) in [6.45, 7) is 4.10. The third-order valence-corrected chi connectivity index (χ3v) is 4.20. The van der Waals surface area contributed by atoms with E-state index in [0.717, 1.165) is 5.69 Å². The predicted octanol–water partition coefficient (Wildman–Crippen LogP) is 5.82. The highest BCUT2D eigenvalue weighted by Crippen LogP contribution is 2.26. The second kappa shape index (κ2) is 8.82. The number of rotatable bonds is 3. The lowest BCUT2D eigenvalue weighted by Crippen LogP contribution is -2.10. The standard InChI is InChI=1S/C17H16N2.C7H8/c1-14-12-19(13-18-14)17(15-8-4-2-5-9-15)16-10-6-3-7-11-16;1-7-5-3-2-4-6-7/h2-13,17H,1H3;2-6H,1H3. The molecule has 26 heavy (non-hydrogen) atoms. The lowest BCUT2D eigenvalue weighted by Gasteiger charge is -2.19. The quantitative estimate of drug-likeness (QED) is 0.459. The van der Waals surface area contributed by atoms with Crippen LogP contribution in [0.1, 0.15) is 28.4 Å². The van der Waals surface area contributed by atoms with Gasteiger partial charge >= 0.3 is 0 Å². The second-order valence-corrected chi connectivity index (χ2v) is 6.34. The number of aryl methyl sites for hydroxylation is 2. The van der Waals surface area contributed by atoms with Crippen molar-refractivity contribution in [1.29, 1.82) is 0 Å². The molecule has 0 N–H and O–H groups in total. The van der Waals surface area contributed by atoms with Crippen LogP contribution in [-0.2, 0) is 0 Å². The molecule has 0 spiro atoms. The zero-order chi connectivity index (χ0) is 18.2. The minimum absolute atomic E-state index is 0.184. The van der Waals surface area contributed by atoms with Crippen LogP contribution in [0, 0.1) is 13.8 Å². The Kier molecular flexibility index (Phi) is 6.00. The van der Waals surface area contributed by atoms with Gasteiger partial charge in [-0.05, 0) is 25.0 Å². The lowest BCUT2D eigenvalue weighted by atomic mass is 9.99. The van der Waals surface area contributed by atoms with Crippen molar-refractivity contribution in [2.24, 2.45) is 0 Å².